The molecule has 108 valence electrons. The largest absolute Gasteiger partial charge is 0.481 e. The van der Waals surface area contributed by atoms with Crippen LogP contribution in [0.15, 0.2) is 0 Å². The van der Waals surface area contributed by atoms with Crippen molar-refractivity contribution in [3.8, 4) is 0 Å². The molecule has 2 N–H and O–H groups in total. The van der Waals surface area contributed by atoms with Gasteiger partial charge in [0.15, 0.2) is 0 Å². The van der Waals surface area contributed by atoms with E-state index in [2.05, 4.69) is 12.2 Å². The van der Waals surface area contributed by atoms with Crippen molar-refractivity contribution in [2.24, 2.45) is 11.8 Å². The lowest BCUT2D eigenvalue weighted by molar-refractivity contribution is -0.142. The number of carbonyl (C=O) groups is 2. The standard InChI is InChI=1S/C14H24N2O3/c1-10-8-15-9-12(10)14(19)16-7-3-2-4-11(16)5-6-13(17)18/h10-12,15H,2-9H2,1H3,(H,17,18)/t10-,11?,12-/m1/s1. The monoisotopic (exact) mass is 268 g/mol. The summed E-state index contributed by atoms with van der Waals surface area (Å²) in [5.41, 5.74) is 0. The topological polar surface area (TPSA) is 69.6 Å². The summed E-state index contributed by atoms with van der Waals surface area (Å²) >= 11 is 0. The van der Waals surface area contributed by atoms with Gasteiger partial charge in [-0.2, -0.15) is 0 Å². The number of nitrogens with one attached hydrogen (secondary N) is 1. The first-order valence-corrected chi connectivity index (χ1v) is 7.32. The summed E-state index contributed by atoms with van der Waals surface area (Å²) in [6, 6.07) is 0.130. The van der Waals surface area contributed by atoms with Crippen molar-refractivity contribution in [3.63, 3.8) is 0 Å². The summed E-state index contributed by atoms with van der Waals surface area (Å²) in [7, 11) is 0. The molecular formula is C14H24N2O3. The first-order chi connectivity index (χ1) is 9.09. The van der Waals surface area contributed by atoms with Crippen LogP contribution >= 0.6 is 0 Å². The van der Waals surface area contributed by atoms with E-state index >= 15 is 0 Å². The number of hydrogen-bond donors (Lipinski definition) is 2. The molecular weight excluding hydrogens is 244 g/mol. The molecule has 2 aliphatic heterocycles. The average molecular weight is 268 g/mol. The average Bonchev–Trinajstić information content (AvgIpc) is 2.82. The summed E-state index contributed by atoms with van der Waals surface area (Å²) in [5.74, 6) is -0.0820. The fourth-order valence-electron chi connectivity index (χ4n) is 3.23. The number of carboxylic acids is 1. The summed E-state index contributed by atoms with van der Waals surface area (Å²) in [6.07, 6.45) is 3.85. The van der Waals surface area contributed by atoms with Crippen molar-refractivity contribution in [3.05, 3.63) is 0 Å². The van der Waals surface area contributed by atoms with E-state index < -0.39 is 5.97 Å². The minimum absolute atomic E-state index is 0.0745. The van der Waals surface area contributed by atoms with E-state index in [0.717, 1.165) is 38.9 Å². The van der Waals surface area contributed by atoms with E-state index in [1.54, 1.807) is 0 Å². The zero-order chi connectivity index (χ0) is 13.8. The van der Waals surface area contributed by atoms with Gasteiger partial charge < -0.3 is 15.3 Å². The molecule has 0 aliphatic carbocycles. The molecule has 5 nitrogen and oxygen atoms in total. The van der Waals surface area contributed by atoms with Crippen LogP contribution in [0.2, 0.25) is 0 Å². The maximum absolute atomic E-state index is 12.6. The summed E-state index contributed by atoms with van der Waals surface area (Å²) in [5, 5.41) is 12.1. The number of carbonyl (C=O) groups excluding carboxylic acids is 1. The molecule has 3 atom stereocenters. The van der Waals surface area contributed by atoms with Crippen molar-refractivity contribution in [2.75, 3.05) is 19.6 Å². The maximum Gasteiger partial charge on any atom is 0.303 e. The predicted octanol–water partition coefficient (Wildman–Crippen LogP) is 1.09. The molecule has 0 bridgehead atoms. The molecule has 5 heteroatoms. The summed E-state index contributed by atoms with van der Waals surface area (Å²) in [6.45, 7) is 4.58. The maximum atomic E-state index is 12.6. The van der Waals surface area contributed by atoms with Gasteiger partial charge in [-0.3, -0.25) is 9.59 Å². The van der Waals surface area contributed by atoms with E-state index in [0.29, 0.717) is 12.3 Å². The number of likely N-dealkylation sites (tertiary alicyclic amines) is 1. The molecule has 19 heavy (non-hydrogen) atoms. The Hall–Kier alpha value is -1.10. The van der Waals surface area contributed by atoms with Crippen LogP contribution in [-0.2, 0) is 9.59 Å². The van der Waals surface area contributed by atoms with Gasteiger partial charge in [-0.1, -0.05) is 6.92 Å². The number of hydrogen-bond acceptors (Lipinski definition) is 3. The van der Waals surface area contributed by atoms with Gasteiger partial charge >= 0.3 is 5.97 Å². The van der Waals surface area contributed by atoms with Crippen molar-refractivity contribution in [2.45, 2.75) is 45.1 Å². The van der Waals surface area contributed by atoms with Crippen LogP contribution < -0.4 is 5.32 Å². The first-order valence-electron chi connectivity index (χ1n) is 7.32. The van der Waals surface area contributed by atoms with Crippen LogP contribution in [0.5, 0.6) is 0 Å². The Morgan fingerprint density at radius 3 is 2.74 bits per heavy atom. The van der Waals surface area contributed by atoms with Crippen LogP contribution in [0.1, 0.15) is 39.0 Å². The third-order valence-electron chi connectivity index (χ3n) is 4.44. The molecule has 1 unspecified atom stereocenters. The second-order valence-corrected chi connectivity index (χ2v) is 5.86. The van der Waals surface area contributed by atoms with Crippen molar-refractivity contribution in [1.82, 2.24) is 10.2 Å². The third-order valence-corrected chi connectivity index (χ3v) is 4.44. The zero-order valence-corrected chi connectivity index (χ0v) is 11.6. The lowest BCUT2D eigenvalue weighted by atomic mass is 9.92. The lowest BCUT2D eigenvalue weighted by Gasteiger charge is -2.37. The normalized spacial score (nSPS) is 31.4. The highest BCUT2D eigenvalue weighted by Gasteiger charge is 2.36. The Balaban J connectivity index is 1.97. The van der Waals surface area contributed by atoms with Crippen molar-refractivity contribution < 1.29 is 14.7 Å². The SMILES string of the molecule is C[C@@H]1CNC[C@H]1C(=O)N1CCCCC1CCC(=O)O. The molecule has 2 fully saturated rings. The first kappa shape index (κ1) is 14.3. The molecule has 2 heterocycles. The van der Waals surface area contributed by atoms with Gasteiger partial charge in [0.1, 0.15) is 0 Å². The number of amides is 1. The highest BCUT2D eigenvalue weighted by molar-refractivity contribution is 5.80. The minimum Gasteiger partial charge on any atom is -0.481 e. The molecule has 1 amide bonds. The fourth-order valence-corrected chi connectivity index (χ4v) is 3.23. The van der Waals surface area contributed by atoms with Crippen LogP contribution in [0, 0.1) is 11.8 Å². The quantitative estimate of drug-likeness (QED) is 0.800. The van der Waals surface area contributed by atoms with E-state index in [9.17, 15) is 9.59 Å². The molecule has 0 saturated carbocycles. The van der Waals surface area contributed by atoms with E-state index in [-0.39, 0.29) is 24.3 Å². The molecule has 2 aliphatic rings. The Bertz CT molecular complexity index is 346. The lowest BCUT2D eigenvalue weighted by Crippen LogP contribution is -2.48. The third kappa shape index (κ3) is 3.47. The van der Waals surface area contributed by atoms with Crippen LogP contribution in [0.25, 0.3) is 0 Å². The zero-order valence-electron chi connectivity index (χ0n) is 11.6. The Kier molecular flexibility index (Phi) is 4.80. The van der Waals surface area contributed by atoms with Crippen LogP contribution in [-0.4, -0.2) is 47.6 Å². The van der Waals surface area contributed by atoms with Crippen molar-refractivity contribution in [1.29, 1.82) is 0 Å². The Morgan fingerprint density at radius 2 is 2.11 bits per heavy atom. The van der Waals surface area contributed by atoms with Gasteiger partial charge in [-0.25, -0.2) is 0 Å². The second kappa shape index (κ2) is 6.37. The van der Waals surface area contributed by atoms with Gasteiger partial charge in [-0.05, 0) is 38.1 Å². The minimum atomic E-state index is -0.770. The molecule has 0 aromatic rings. The number of piperidine rings is 1. The van der Waals surface area contributed by atoms with E-state index in [1.807, 2.05) is 4.90 Å². The smallest absolute Gasteiger partial charge is 0.303 e. The van der Waals surface area contributed by atoms with Gasteiger partial charge in [-0.15, -0.1) is 0 Å². The number of carboxylic acid groups (broad SMARTS) is 1. The van der Waals surface area contributed by atoms with E-state index in [4.69, 9.17) is 5.11 Å². The molecule has 0 aromatic heterocycles. The predicted molar refractivity (Wildman–Crippen MR) is 71.7 cm³/mol. The molecule has 0 spiro atoms. The fraction of sp³-hybridized carbons (Fsp3) is 0.857. The molecule has 2 rings (SSSR count). The molecule has 0 aromatic carbocycles. The highest BCUT2D eigenvalue weighted by Crippen LogP contribution is 2.26. The Morgan fingerprint density at radius 1 is 1.32 bits per heavy atom. The van der Waals surface area contributed by atoms with Crippen molar-refractivity contribution >= 4 is 11.9 Å². The van der Waals surface area contributed by atoms with Gasteiger partial charge in [0.05, 0.1) is 5.92 Å². The highest BCUT2D eigenvalue weighted by atomic mass is 16.4. The number of rotatable bonds is 4. The van der Waals surface area contributed by atoms with Gasteiger partial charge in [0.25, 0.3) is 0 Å². The number of nitrogens with zero attached hydrogens (tertiary/aromatic N) is 1. The van der Waals surface area contributed by atoms with Gasteiger partial charge in [0, 0.05) is 25.6 Å². The molecule has 2 saturated heterocycles. The second-order valence-electron chi connectivity index (χ2n) is 5.86. The summed E-state index contributed by atoms with van der Waals surface area (Å²) < 4.78 is 0. The Labute approximate surface area is 114 Å². The van der Waals surface area contributed by atoms with Crippen LogP contribution in [0.4, 0.5) is 0 Å². The van der Waals surface area contributed by atoms with E-state index in [1.165, 1.54) is 0 Å². The molecule has 0 radical (unpaired) electrons. The number of aliphatic carboxylic acids is 1. The van der Waals surface area contributed by atoms with Crippen LogP contribution in [0.3, 0.4) is 0 Å². The summed E-state index contributed by atoms with van der Waals surface area (Å²) in [4.78, 5) is 25.3. The van der Waals surface area contributed by atoms with Gasteiger partial charge in [0.2, 0.25) is 5.91 Å².